The molecule has 0 radical (unpaired) electrons. The van der Waals surface area contributed by atoms with Crippen LogP contribution in [0.3, 0.4) is 0 Å². The number of hydrogen-bond acceptors (Lipinski definition) is 2. The second-order valence-corrected chi connectivity index (χ2v) is 6.66. The molecule has 1 N–H and O–H groups in total. The molecule has 0 atom stereocenters. The number of rotatable bonds is 4. The topological polar surface area (TPSA) is 59.3 Å². The molecular formula is C19H23NO3. The zero-order valence-corrected chi connectivity index (χ0v) is 13.8. The first-order valence-electron chi connectivity index (χ1n) is 8.34. The van der Waals surface area contributed by atoms with E-state index in [1.165, 1.54) is 37.7 Å². The monoisotopic (exact) mass is 313 g/mol. The summed E-state index contributed by atoms with van der Waals surface area (Å²) in [6.45, 7) is 3.94. The maximum atomic E-state index is 11.7. The van der Waals surface area contributed by atoms with Crippen LogP contribution in [0.15, 0.2) is 18.2 Å². The predicted octanol–water partition coefficient (Wildman–Crippen LogP) is 4.28. The first kappa shape index (κ1) is 15.8. The third-order valence-electron chi connectivity index (χ3n) is 5.01. The van der Waals surface area contributed by atoms with Gasteiger partial charge in [-0.3, -0.25) is 4.79 Å². The van der Waals surface area contributed by atoms with Crippen molar-refractivity contribution < 1.29 is 14.7 Å². The fourth-order valence-electron chi connectivity index (χ4n) is 3.97. The van der Waals surface area contributed by atoms with E-state index in [9.17, 15) is 14.7 Å². The van der Waals surface area contributed by atoms with E-state index in [0.717, 1.165) is 16.6 Å². The van der Waals surface area contributed by atoms with Crippen molar-refractivity contribution in [3.63, 3.8) is 0 Å². The van der Waals surface area contributed by atoms with Gasteiger partial charge in [0.25, 0.3) is 0 Å². The standard InChI is InChI=1S/C19H23NO3/c1-12(21)11-20-13(2)18(14-6-4-3-5-7-14)16-9-8-15(19(22)23)10-17(16)20/h8-10,14H,3-7,11H2,1-2H3,(H,22,23). The van der Waals surface area contributed by atoms with Gasteiger partial charge in [-0.1, -0.05) is 25.3 Å². The predicted molar refractivity (Wildman–Crippen MR) is 90.1 cm³/mol. The van der Waals surface area contributed by atoms with Crippen molar-refractivity contribution in [2.24, 2.45) is 0 Å². The van der Waals surface area contributed by atoms with Crippen LogP contribution in [0.25, 0.3) is 10.9 Å². The number of ketones is 1. The van der Waals surface area contributed by atoms with Crippen molar-refractivity contribution in [3.8, 4) is 0 Å². The highest BCUT2D eigenvalue weighted by atomic mass is 16.4. The van der Waals surface area contributed by atoms with E-state index in [0.29, 0.717) is 12.5 Å². The van der Waals surface area contributed by atoms with Crippen LogP contribution in [-0.4, -0.2) is 21.4 Å². The Hall–Kier alpha value is -2.10. The lowest BCUT2D eigenvalue weighted by atomic mass is 9.83. The molecule has 1 aromatic carbocycles. The van der Waals surface area contributed by atoms with Crippen LogP contribution in [0.1, 0.15) is 66.6 Å². The summed E-state index contributed by atoms with van der Waals surface area (Å²) in [6, 6.07) is 5.31. The molecule has 3 rings (SSSR count). The fraction of sp³-hybridized carbons (Fsp3) is 0.474. The van der Waals surface area contributed by atoms with E-state index >= 15 is 0 Å². The highest BCUT2D eigenvalue weighted by Gasteiger charge is 2.24. The number of carboxylic acids is 1. The maximum Gasteiger partial charge on any atom is 0.335 e. The van der Waals surface area contributed by atoms with Crippen molar-refractivity contribution >= 4 is 22.7 Å². The quantitative estimate of drug-likeness (QED) is 0.916. The molecule has 0 unspecified atom stereocenters. The lowest BCUT2D eigenvalue weighted by Gasteiger charge is -2.22. The van der Waals surface area contributed by atoms with Crippen molar-refractivity contribution in [2.75, 3.05) is 0 Å². The minimum absolute atomic E-state index is 0.0842. The Balaban J connectivity index is 2.20. The Bertz CT molecular complexity index is 767. The molecule has 4 heteroatoms. The van der Waals surface area contributed by atoms with Crippen molar-refractivity contribution in [3.05, 3.63) is 35.0 Å². The van der Waals surface area contributed by atoms with E-state index in [4.69, 9.17) is 0 Å². The molecule has 4 nitrogen and oxygen atoms in total. The number of carbonyl (C=O) groups excluding carboxylic acids is 1. The van der Waals surface area contributed by atoms with Gasteiger partial charge in [0.05, 0.1) is 12.1 Å². The van der Waals surface area contributed by atoms with E-state index in [1.54, 1.807) is 19.1 Å². The lowest BCUT2D eigenvalue weighted by Crippen LogP contribution is -2.10. The number of hydrogen-bond donors (Lipinski definition) is 1. The molecule has 0 saturated heterocycles. The summed E-state index contributed by atoms with van der Waals surface area (Å²) < 4.78 is 1.99. The summed E-state index contributed by atoms with van der Waals surface area (Å²) in [6.07, 6.45) is 6.15. The molecule has 1 heterocycles. The molecule has 1 aliphatic rings. The van der Waals surface area contributed by atoms with Crippen LogP contribution >= 0.6 is 0 Å². The molecule has 1 aliphatic carbocycles. The third-order valence-corrected chi connectivity index (χ3v) is 5.01. The zero-order valence-electron chi connectivity index (χ0n) is 13.8. The number of carbonyl (C=O) groups is 2. The summed E-state index contributed by atoms with van der Waals surface area (Å²) >= 11 is 0. The highest BCUT2D eigenvalue weighted by molar-refractivity contribution is 5.96. The summed E-state index contributed by atoms with van der Waals surface area (Å²) in [4.78, 5) is 23.0. The van der Waals surface area contributed by atoms with E-state index in [1.807, 2.05) is 10.6 Å². The molecule has 0 amide bonds. The number of carboxylic acid groups (broad SMARTS) is 1. The Morgan fingerprint density at radius 2 is 1.91 bits per heavy atom. The Labute approximate surface area is 136 Å². The Kier molecular flexibility index (Phi) is 4.24. The zero-order chi connectivity index (χ0) is 16.6. The van der Waals surface area contributed by atoms with Crippen LogP contribution < -0.4 is 0 Å². The minimum atomic E-state index is -0.931. The average Bonchev–Trinajstić information content (AvgIpc) is 2.79. The summed E-state index contributed by atoms with van der Waals surface area (Å²) in [5.74, 6) is -0.324. The van der Waals surface area contributed by atoms with E-state index in [2.05, 4.69) is 6.92 Å². The van der Waals surface area contributed by atoms with E-state index in [-0.39, 0.29) is 11.3 Å². The number of fused-ring (bicyclic) bond motifs is 1. The number of Topliss-reactive ketones (excluding diaryl/α,β-unsaturated/α-hetero) is 1. The van der Waals surface area contributed by atoms with Crippen LogP contribution in [0.4, 0.5) is 0 Å². The van der Waals surface area contributed by atoms with E-state index < -0.39 is 5.97 Å². The molecule has 2 aromatic rings. The number of benzene rings is 1. The molecule has 23 heavy (non-hydrogen) atoms. The Morgan fingerprint density at radius 3 is 2.52 bits per heavy atom. The minimum Gasteiger partial charge on any atom is -0.478 e. The highest BCUT2D eigenvalue weighted by Crippen LogP contribution is 2.40. The first-order valence-corrected chi connectivity index (χ1v) is 8.34. The lowest BCUT2D eigenvalue weighted by molar-refractivity contribution is -0.117. The van der Waals surface area contributed by atoms with Crippen molar-refractivity contribution in [1.29, 1.82) is 0 Å². The number of aromatic nitrogens is 1. The van der Waals surface area contributed by atoms with Gasteiger partial charge in [0.15, 0.2) is 0 Å². The van der Waals surface area contributed by atoms with Gasteiger partial charge < -0.3 is 9.67 Å². The smallest absolute Gasteiger partial charge is 0.335 e. The molecule has 1 saturated carbocycles. The molecule has 0 aliphatic heterocycles. The van der Waals surface area contributed by atoms with Crippen LogP contribution in [-0.2, 0) is 11.3 Å². The first-order chi connectivity index (χ1) is 11.0. The number of aromatic carboxylic acids is 1. The largest absolute Gasteiger partial charge is 0.478 e. The van der Waals surface area contributed by atoms with Gasteiger partial charge in [-0.25, -0.2) is 4.79 Å². The summed E-state index contributed by atoms with van der Waals surface area (Å²) in [5, 5.41) is 10.4. The maximum absolute atomic E-state index is 11.7. The second-order valence-electron chi connectivity index (χ2n) is 6.66. The van der Waals surface area contributed by atoms with Gasteiger partial charge >= 0.3 is 5.97 Å². The van der Waals surface area contributed by atoms with Gasteiger partial charge in [0.2, 0.25) is 0 Å². The van der Waals surface area contributed by atoms with Crippen LogP contribution in [0.2, 0.25) is 0 Å². The normalized spacial score (nSPS) is 15.9. The third kappa shape index (κ3) is 2.90. The van der Waals surface area contributed by atoms with Crippen molar-refractivity contribution in [1.82, 2.24) is 4.57 Å². The molecule has 0 bridgehead atoms. The molecule has 122 valence electrons. The SMILES string of the molecule is CC(=O)Cn1c(C)c(C2CCCCC2)c2ccc(C(=O)O)cc21. The van der Waals surface area contributed by atoms with Gasteiger partial charge in [-0.15, -0.1) is 0 Å². The molecular weight excluding hydrogens is 290 g/mol. The van der Waals surface area contributed by atoms with Gasteiger partial charge in [0.1, 0.15) is 5.78 Å². The summed E-state index contributed by atoms with van der Waals surface area (Å²) in [5.41, 5.74) is 3.58. The number of nitrogens with zero attached hydrogens (tertiary/aromatic N) is 1. The van der Waals surface area contributed by atoms with Crippen LogP contribution in [0, 0.1) is 6.92 Å². The average molecular weight is 313 g/mol. The van der Waals surface area contributed by atoms with Crippen molar-refractivity contribution in [2.45, 2.75) is 58.4 Å². The molecule has 1 fully saturated rings. The molecule has 0 spiro atoms. The molecule has 1 aromatic heterocycles. The summed E-state index contributed by atoms with van der Waals surface area (Å²) in [7, 11) is 0. The van der Waals surface area contributed by atoms with Crippen LogP contribution in [0.5, 0.6) is 0 Å². The Morgan fingerprint density at radius 1 is 1.22 bits per heavy atom. The van der Waals surface area contributed by atoms with Gasteiger partial charge in [-0.2, -0.15) is 0 Å². The fourth-order valence-corrected chi connectivity index (χ4v) is 3.97. The van der Waals surface area contributed by atoms with Gasteiger partial charge in [0, 0.05) is 16.6 Å². The second kappa shape index (κ2) is 6.19. The van der Waals surface area contributed by atoms with Gasteiger partial charge in [-0.05, 0) is 50.3 Å².